The summed E-state index contributed by atoms with van der Waals surface area (Å²) in [6.07, 6.45) is 0. The number of ether oxygens (including phenoxy) is 3. The number of sulfonamides is 1. The van der Waals surface area contributed by atoms with E-state index in [4.69, 9.17) is 19.5 Å². The van der Waals surface area contributed by atoms with E-state index in [1.54, 1.807) is 6.07 Å². The number of methoxy groups -OCH3 is 1. The molecule has 1 aliphatic rings. The van der Waals surface area contributed by atoms with E-state index in [1.165, 1.54) is 31.4 Å². The number of hydrogen-bond acceptors (Lipinski definition) is 6. The Morgan fingerprint density at radius 3 is 2.69 bits per heavy atom. The minimum absolute atomic E-state index is 0.114. The van der Waals surface area contributed by atoms with E-state index in [0.717, 1.165) is 5.56 Å². The molecule has 0 spiro atoms. The Morgan fingerprint density at radius 2 is 2.04 bits per heavy atom. The Hall–Kier alpha value is -2.03. The predicted molar refractivity (Wildman–Crippen MR) is 102 cm³/mol. The lowest BCUT2D eigenvalue weighted by Crippen LogP contribution is -2.27. The summed E-state index contributed by atoms with van der Waals surface area (Å²) in [7, 11) is -2.13. The molecule has 2 aromatic rings. The largest absolute Gasteiger partial charge is 0.493 e. The van der Waals surface area contributed by atoms with Crippen LogP contribution in [0.4, 0.5) is 0 Å². The third-order valence-electron chi connectivity index (χ3n) is 3.79. The van der Waals surface area contributed by atoms with Gasteiger partial charge in [0, 0.05) is 10.5 Å². The van der Waals surface area contributed by atoms with Crippen LogP contribution >= 0.6 is 22.6 Å². The van der Waals surface area contributed by atoms with Crippen LogP contribution in [0.3, 0.4) is 0 Å². The molecule has 2 aromatic carbocycles. The predicted octanol–water partition coefficient (Wildman–Crippen LogP) is 2.75. The lowest BCUT2D eigenvalue weighted by molar-refractivity contribution is 0.171. The zero-order chi connectivity index (χ0) is 18.7. The molecule has 0 fully saturated rings. The molecule has 0 amide bonds. The van der Waals surface area contributed by atoms with Crippen molar-refractivity contribution in [2.45, 2.75) is 8.82 Å². The van der Waals surface area contributed by atoms with Crippen LogP contribution in [-0.2, 0) is 10.0 Å². The van der Waals surface area contributed by atoms with Crippen LogP contribution in [0, 0.1) is 11.3 Å². The Kier molecular flexibility index (Phi) is 5.55. The van der Waals surface area contributed by atoms with Crippen molar-refractivity contribution in [3.8, 4) is 23.3 Å². The molecule has 7 nitrogen and oxygen atoms in total. The molecule has 1 atom stereocenters. The van der Waals surface area contributed by atoms with Crippen molar-refractivity contribution in [1.82, 2.24) is 4.72 Å². The van der Waals surface area contributed by atoms with Gasteiger partial charge in [-0.25, -0.2) is 13.1 Å². The van der Waals surface area contributed by atoms with Gasteiger partial charge in [-0.3, -0.25) is 0 Å². The molecule has 0 aromatic heterocycles. The fourth-order valence-corrected chi connectivity index (χ4v) is 4.35. The summed E-state index contributed by atoms with van der Waals surface area (Å²) < 4.78 is 43.3. The van der Waals surface area contributed by atoms with Crippen LogP contribution in [0.5, 0.6) is 17.2 Å². The first kappa shape index (κ1) is 18.8. The minimum atomic E-state index is -3.67. The van der Waals surface area contributed by atoms with Crippen LogP contribution < -0.4 is 18.9 Å². The van der Waals surface area contributed by atoms with Crippen molar-refractivity contribution in [3.05, 3.63) is 47.5 Å². The van der Waals surface area contributed by atoms with Crippen LogP contribution in [0.25, 0.3) is 0 Å². The number of halogens is 1. The van der Waals surface area contributed by atoms with Crippen molar-refractivity contribution in [1.29, 1.82) is 5.26 Å². The number of nitrogens with one attached hydrogen (secondary N) is 1. The van der Waals surface area contributed by atoms with Crippen molar-refractivity contribution < 1.29 is 22.6 Å². The van der Waals surface area contributed by atoms with Gasteiger partial charge in [-0.1, -0.05) is 22.6 Å². The lowest BCUT2D eigenvalue weighted by Gasteiger charge is -2.14. The van der Waals surface area contributed by atoms with Gasteiger partial charge in [0.05, 0.1) is 23.6 Å². The van der Waals surface area contributed by atoms with Gasteiger partial charge >= 0.3 is 0 Å². The number of fused-ring (bicyclic) bond motifs is 1. The lowest BCUT2D eigenvalue weighted by atomic mass is 10.1. The second kappa shape index (κ2) is 7.69. The molecule has 0 aliphatic carbocycles. The number of alkyl halides is 1. The van der Waals surface area contributed by atoms with E-state index in [0.29, 0.717) is 22.8 Å². The molecule has 0 saturated carbocycles. The summed E-state index contributed by atoms with van der Waals surface area (Å²) in [4.78, 5) is 0.114. The highest BCUT2D eigenvalue weighted by Crippen LogP contribution is 2.44. The normalized spacial score (nSPS) is 13.9. The second-order valence-corrected chi connectivity index (χ2v) is 8.68. The SMILES string of the molecule is COc1cc(C(I)CNS(=O)(=O)c2ccc(C#N)cc2)cc2c1OCO2. The highest BCUT2D eigenvalue weighted by Gasteiger charge is 2.23. The first-order valence-corrected chi connectivity index (χ1v) is 10.3. The second-order valence-electron chi connectivity index (χ2n) is 5.41. The van der Waals surface area contributed by atoms with Gasteiger partial charge in [-0.05, 0) is 42.0 Å². The molecule has 0 bridgehead atoms. The van der Waals surface area contributed by atoms with E-state index in [9.17, 15) is 8.42 Å². The van der Waals surface area contributed by atoms with Crippen molar-refractivity contribution in [2.24, 2.45) is 0 Å². The Morgan fingerprint density at radius 1 is 1.31 bits per heavy atom. The molecular formula is C17H15IN2O5S. The maximum absolute atomic E-state index is 12.4. The van der Waals surface area contributed by atoms with Gasteiger partial charge < -0.3 is 14.2 Å². The summed E-state index contributed by atoms with van der Waals surface area (Å²) in [5.74, 6) is 1.68. The zero-order valence-electron chi connectivity index (χ0n) is 13.7. The van der Waals surface area contributed by atoms with Gasteiger partial charge in [-0.15, -0.1) is 0 Å². The minimum Gasteiger partial charge on any atom is -0.493 e. The van der Waals surface area contributed by atoms with E-state index >= 15 is 0 Å². The third kappa shape index (κ3) is 3.87. The molecule has 9 heteroatoms. The molecule has 26 heavy (non-hydrogen) atoms. The first-order valence-electron chi connectivity index (χ1n) is 7.56. The molecular weight excluding hydrogens is 471 g/mol. The molecule has 0 saturated heterocycles. The average molecular weight is 486 g/mol. The molecule has 136 valence electrons. The fraction of sp³-hybridized carbons (Fsp3) is 0.235. The van der Waals surface area contributed by atoms with Gasteiger partial charge in [0.2, 0.25) is 22.6 Å². The summed E-state index contributed by atoms with van der Waals surface area (Å²) in [6, 6.07) is 11.3. The molecule has 1 unspecified atom stereocenters. The van der Waals surface area contributed by atoms with E-state index in [1.807, 2.05) is 12.1 Å². The number of benzene rings is 2. The molecule has 1 aliphatic heterocycles. The van der Waals surface area contributed by atoms with Gasteiger partial charge in [0.15, 0.2) is 11.5 Å². The third-order valence-corrected chi connectivity index (χ3v) is 6.39. The fourth-order valence-electron chi connectivity index (χ4n) is 2.42. The molecule has 0 radical (unpaired) electrons. The molecule has 1 N–H and O–H groups in total. The maximum atomic E-state index is 12.4. The highest BCUT2D eigenvalue weighted by molar-refractivity contribution is 14.1. The monoisotopic (exact) mass is 486 g/mol. The quantitative estimate of drug-likeness (QED) is 0.499. The molecule has 3 rings (SSSR count). The standard InChI is InChI=1S/C17H15IN2O5S/c1-23-15-6-12(7-16-17(15)25-10-24-16)14(18)9-20-26(21,22)13-4-2-11(8-19)3-5-13/h2-7,14,20H,9-10H2,1H3. The topological polar surface area (TPSA) is 97.7 Å². The maximum Gasteiger partial charge on any atom is 0.240 e. The summed E-state index contributed by atoms with van der Waals surface area (Å²) in [5.41, 5.74) is 1.26. The van der Waals surface area contributed by atoms with Crippen LogP contribution in [0.15, 0.2) is 41.3 Å². The van der Waals surface area contributed by atoms with Crippen LogP contribution in [0.1, 0.15) is 15.1 Å². The summed E-state index contributed by atoms with van der Waals surface area (Å²) >= 11 is 2.15. The number of rotatable bonds is 6. The number of hydrogen-bond donors (Lipinski definition) is 1. The average Bonchev–Trinajstić information content (AvgIpc) is 3.14. The van der Waals surface area contributed by atoms with Crippen LogP contribution in [0.2, 0.25) is 0 Å². The Bertz CT molecular complexity index is 954. The summed E-state index contributed by atoms with van der Waals surface area (Å²) in [5, 5.41) is 8.80. The number of nitrogens with zero attached hydrogens (tertiary/aromatic N) is 1. The highest BCUT2D eigenvalue weighted by atomic mass is 127. The van der Waals surface area contributed by atoms with Gasteiger partial charge in [-0.2, -0.15) is 5.26 Å². The smallest absolute Gasteiger partial charge is 0.240 e. The zero-order valence-corrected chi connectivity index (χ0v) is 16.7. The van der Waals surface area contributed by atoms with Crippen molar-refractivity contribution >= 4 is 32.6 Å². The van der Waals surface area contributed by atoms with Crippen LogP contribution in [-0.4, -0.2) is 28.9 Å². The van der Waals surface area contributed by atoms with E-state index in [2.05, 4.69) is 27.3 Å². The van der Waals surface area contributed by atoms with E-state index < -0.39 is 10.0 Å². The Labute approximate surface area is 165 Å². The first-order chi connectivity index (χ1) is 12.4. The van der Waals surface area contributed by atoms with Gasteiger partial charge in [0.25, 0.3) is 0 Å². The van der Waals surface area contributed by atoms with Crippen molar-refractivity contribution in [3.63, 3.8) is 0 Å². The molecule has 1 heterocycles. The number of nitriles is 1. The van der Waals surface area contributed by atoms with E-state index in [-0.39, 0.29) is 22.2 Å². The van der Waals surface area contributed by atoms with Crippen molar-refractivity contribution in [2.75, 3.05) is 20.4 Å². The summed E-state index contributed by atoms with van der Waals surface area (Å²) in [6.45, 7) is 0.318. The van der Waals surface area contributed by atoms with Gasteiger partial charge in [0.1, 0.15) is 0 Å². The Balaban J connectivity index is 1.74.